The number of carbonyl (C=O) groups is 1. The molecule has 0 saturated carbocycles. The van der Waals surface area contributed by atoms with Gasteiger partial charge in [-0.2, -0.15) is 11.8 Å². The van der Waals surface area contributed by atoms with Crippen molar-refractivity contribution in [1.82, 2.24) is 0 Å². The molecule has 5 nitrogen and oxygen atoms in total. The zero-order valence-corrected chi connectivity index (χ0v) is 17.6. The number of rotatable bonds is 9. The maximum absolute atomic E-state index is 12.4. The molecule has 146 valence electrons. The summed E-state index contributed by atoms with van der Waals surface area (Å²) in [6.45, 7) is 6.95. The fourth-order valence-electron chi connectivity index (χ4n) is 3.05. The number of hydrogen-bond donors (Lipinski definition) is 2. The number of unbranched alkanes of at least 4 members (excludes halogenated alkanes) is 1. The van der Waals surface area contributed by atoms with Gasteiger partial charge in [0.05, 0.1) is 6.61 Å². The second-order valence-electron chi connectivity index (χ2n) is 7.62. The normalized spacial score (nSPS) is 18.2. The highest BCUT2D eigenvalue weighted by atomic mass is 32.2. The number of benzene rings is 1. The van der Waals surface area contributed by atoms with Crippen LogP contribution in [0.4, 0.5) is 5.69 Å². The van der Waals surface area contributed by atoms with E-state index in [4.69, 9.17) is 14.3 Å². The van der Waals surface area contributed by atoms with Crippen molar-refractivity contribution in [3.8, 4) is 0 Å². The molecule has 1 aromatic carbocycles. The quantitative estimate of drug-likeness (QED) is 0.481. The Kier molecular flexibility index (Phi) is 8.37. The van der Waals surface area contributed by atoms with Gasteiger partial charge in [0.25, 0.3) is 0 Å². The summed E-state index contributed by atoms with van der Waals surface area (Å²) in [6, 6.07) is 8.65. The van der Waals surface area contributed by atoms with Crippen LogP contribution in [-0.2, 0) is 14.7 Å². The molecule has 0 aliphatic carbocycles. The molecule has 1 amide bonds. The van der Waals surface area contributed by atoms with Crippen LogP contribution in [0.5, 0.6) is 0 Å². The van der Waals surface area contributed by atoms with Gasteiger partial charge in [0.1, 0.15) is 0 Å². The van der Waals surface area contributed by atoms with Crippen molar-refractivity contribution in [1.29, 1.82) is 0 Å². The molecule has 0 aromatic heterocycles. The summed E-state index contributed by atoms with van der Waals surface area (Å²) in [4.78, 5) is 31.7. The molecule has 0 radical (unpaired) electrons. The van der Waals surface area contributed by atoms with Crippen molar-refractivity contribution < 1.29 is 19.1 Å². The van der Waals surface area contributed by atoms with Gasteiger partial charge in [-0.15, -0.1) is 0 Å². The number of hydrogen-bond acceptors (Lipinski definition) is 5. The van der Waals surface area contributed by atoms with E-state index < -0.39 is 8.60 Å². The molecule has 1 fully saturated rings. The van der Waals surface area contributed by atoms with E-state index in [0.29, 0.717) is 13.0 Å². The molecule has 7 heteroatoms. The summed E-state index contributed by atoms with van der Waals surface area (Å²) >= 11 is 1.85. The standard InChI is InChI=1S/C19H30NO4PS/c1-19(2,3)15-6-8-16(9-7-15)20-17(10-11-18(20)21)14-26-13-5-4-12-24-25(22)23/h6-9,17,22-23H,4-5,10-14H2,1-3H3/t17-/m1/s1. The third-order valence-corrected chi connectivity index (χ3v) is 6.15. The predicted octanol–water partition coefficient (Wildman–Crippen LogP) is 4.22. The molecule has 0 bridgehead atoms. The highest BCUT2D eigenvalue weighted by Crippen LogP contribution is 2.31. The number of amides is 1. The zero-order chi connectivity index (χ0) is 19.2. The molecular formula is C19H30NO4PS. The molecule has 1 aliphatic heterocycles. The first kappa shape index (κ1) is 21.6. The number of nitrogens with zero attached hydrogens (tertiary/aromatic N) is 1. The first-order valence-corrected chi connectivity index (χ1v) is 11.4. The van der Waals surface area contributed by atoms with Gasteiger partial charge >= 0.3 is 8.60 Å². The van der Waals surface area contributed by atoms with Gasteiger partial charge in [-0.05, 0) is 48.1 Å². The van der Waals surface area contributed by atoms with Crippen LogP contribution in [0.25, 0.3) is 0 Å². The van der Waals surface area contributed by atoms with E-state index in [2.05, 4.69) is 45.0 Å². The van der Waals surface area contributed by atoms with E-state index in [1.807, 2.05) is 16.7 Å². The Morgan fingerprint density at radius 2 is 1.92 bits per heavy atom. The van der Waals surface area contributed by atoms with Crippen LogP contribution in [0.15, 0.2) is 24.3 Å². The Labute approximate surface area is 162 Å². The minimum atomic E-state index is -2.23. The van der Waals surface area contributed by atoms with Crippen LogP contribution in [0, 0.1) is 0 Å². The molecule has 1 aromatic rings. The van der Waals surface area contributed by atoms with Crippen molar-refractivity contribution >= 4 is 32.0 Å². The lowest BCUT2D eigenvalue weighted by Gasteiger charge is -2.26. The van der Waals surface area contributed by atoms with Crippen molar-refractivity contribution in [3.05, 3.63) is 29.8 Å². The Morgan fingerprint density at radius 3 is 2.54 bits per heavy atom. The lowest BCUT2D eigenvalue weighted by Crippen LogP contribution is -2.34. The fraction of sp³-hybridized carbons (Fsp3) is 0.632. The topological polar surface area (TPSA) is 70.0 Å². The van der Waals surface area contributed by atoms with Gasteiger partial charge in [0, 0.05) is 23.9 Å². The summed E-state index contributed by atoms with van der Waals surface area (Å²) in [6.07, 6.45) is 3.31. The second-order valence-corrected chi connectivity index (χ2v) is 9.53. The van der Waals surface area contributed by atoms with Crippen molar-refractivity contribution in [2.24, 2.45) is 0 Å². The van der Waals surface area contributed by atoms with Gasteiger partial charge in [-0.25, -0.2) is 0 Å². The summed E-state index contributed by atoms with van der Waals surface area (Å²) in [5, 5.41) is 0. The van der Waals surface area contributed by atoms with Gasteiger partial charge in [-0.3, -0.25) is 4.79 Å². The van der Waals surface area contributed by atoms with Gasteiger partial charge in [0.2, 0.25) is 5.91 Å². The van der Waals surface area contributed by atoms with Gasteiger partial charge < -0.3 is 19.2 Å². The van der Waals surface area contributed by atoms with Crippen molar-refractivity contribution in [3.63, 3.8) is 0 Å². The van der Waals surface area contributed by atoms with Crippen LogP contribution in [0.2, 0.25) is 0 Å². The van der Waals surface area contributed by atoms with Crippen LogP contribution < -0.4 is 4.90 Å². The van der Waals surface area contributed by atoms with E-state index in [1.165, 1.54) is 5.56 Å². The van der Waals surface area contributed by atoms with Crippen LogP contribution >= 0.6 is 20.4 Å². The Morgan fingerprint density at radius 1 is 1.23 bits per heavy atom. The molecule has 0 unspecified atom stereocenters. The molecule has 26 heavy (non-hydrogen) atoms. The SMILES string of the molecule is CC(C)(C)c1ccc(N2C(=O)CC[C@@H]2CSCCCCOP(O)O)cc1. The van der Waals surface area contributed by atoms with Gasteiger partial charge in [-0.1, -0.05) is 32.9 Å². The summed E-state index contributed by atoms with van der Waals surface area (Å²) in [5.74, 6) is 2.13. The fourth-order valence-corrected chi connectivity index (χ4v) is 4.50. The van der Waals surface area contributed by atoms with Crippen LogP contribution in [0.3, 0.4) is 0 Å². The first-order chi connectivity index (χ1) is 12.3. The minimum absolute atomic E-state index is 0.111. The second kappa shape index (κ2) is 10.0. The molecule has 1 aliphatic rings. The van der Waals surface area contributed by atoms with Crippen LogP contribution in [-0.4, -0.2) is 39.8 Å². The summed E-state index contributed by atoms with van der Waals surface area (Å²) < 4.78 is 4.76. The lowest BCUT2D eigenvalue weighted by atomic mass is 9.87. The highest BCUT2D eigenvalue weighted by Gasteiger charge is 2.32. The maximum atomic E-state index is 12.4. The molecule has 2 N–H and O–H groups in total. The summed E-state index contributed by atoms with van der Waals surface area (Å²) in [5.41, 5.74) is 2.38. The summed E-state index contributed by atoms with van der Waals surface area (Å²) in [7, 11) is -2.23. The Hall–Kier alpha value is -0.650. The van der Waals surface area contributed by atoms with E-state index in [-0.39, 0.29) is 17.4 Å². The molecule has 1 atom stereocenters. The number of carbonyl (C=O) groups excluding carboxylic acids is 1. The molecular weight excluding hydrogens is 369 g/mol. The van der Waals surface area contributed by atoms with Crippen LogP contribution in [0.1, 0.15) is 52.0 Å². The van der Waals surface area contributed by atoms with E-state index in [0.717, 1.165) is 36.5 Å². The largest absolute Gasteiger partial charge is 0.328 e. The third kappa shape index (κ3) is 6.50. The maximum Gasteiger partial charge on any atom is 0.327 e. The van der Waals surface area contributed by atoms with Crippen molar-refractivity contribution in [2.75, 3.05) is 23.0 Å². The Bertz CT molecular complexity index is 574. The average molecular weight is 399 g/mol. The predicted molar refractivity (Wildman–Crippen MR) is 110 cm³/mol. The molecule has 2 rings (SSSR count). The van der Waals surface area contributed by atoms with E-state index in [1.54, 1.807) is 0 Å². The minimum Gasteiger partial charge on any atom is -0.328 e. The first-order valence-electron chi connectivity index (χ1n) is 9.10. The lowest BCUT2D eigenvalue weighted by molar-refractivity contribution is -0.117. The van der Waals surface area contributed by atoms with E-state index >= 15 is 0 Å². The molecule has 1 saturated heterocycles. The molecule has 0 spiro atoms. The molecule has 1 heterocycles. The third-order valence-electron chi connectivity index (χ3n) is 4.54. The number of thioether (sulfide) groups is 1. The van der Waals surface area contributed by atoms with Gasteiger partial charge in [0.15, 0.2) is 0 Å². The number of anilines is 1. The Balaban J connectivity index is 1.83. The smallest absolute Gasteiger partial charge is 0.327 e. The monoisotopic (exact) mass is 399 g/mol. The van der Waals surface area contributed by atoms with E-state index in [9.17, 15) is 4.79 Å². The zero-order valence-electron chi connectivity index (χ0n) is 15.9. The highest BCUT2D eigenvalue weighted by molar-refractivity contribution is 7.99. The van der Waals surface area contributed by atoms with Crippen molar-refractivity contribution in [2.45, 2.75) is 57.9 Å². The average Bonchev–Trinajstić information content (AvgIpc) is 2.93.